The summed E-state index contributed by atoms with van der Waals surface area (Å²) in [5, 5.41) is 0.645. The number of H-pyrrole nitrogens is 1. The number of benzene rings is 2. The van der Waals surface area contributed by atoms with Crippen molar-refractivity contribution in [2.24, 2.45) is 0 Å². The van der Waals surface area contributed by atoms with Crippen LogP contribution in [0.1, 0.15) is 25.3 Å². The second-order valence-electron chi connectivity index (χ2n) is 8.27. The van der Waals surface area contributed by atoms with Crippen molar-refractivity contribution in [3.05, 3.63) is 64.0 Å². The lowest BCUT2D eigenvalue weighted by Gasteiger charge is -2.32. The minimum absolute atomic E-state index is 0.0280. The SMILES string of the molecule is O=C1OC(CCN2CCC(n3c(=O)[nH]c4ccccc43)CC2)CN1c1ccc(Cl)cc1. The van der Waals surface area contributed by atoms with Crippen molar-refractivity contribution in [1.29, 1.82) is 0 Å². The Kier molecular flexibility index (Phi) is 5.46. The summed E-state index contributed by atoms with van der Waals surface area (Å²) in [4.78, 5) is 31.7. The van der Waals surface area contributed by atoms with Gasteiger partial charge in [-0.15, -0.1) is 0 Å². The topological polar surface area (TPSA) is 70.6 Å². The number of para-hydroxylation sites is 2. The van der Waals surface area contributed by atoms with Crippen LogP contribution in [0.3, 0.4) is 0 Å². The summed E-state index contributed by atoms with van der Waals surface area (Å²) < 4.78 is 7.48. The molecule has 0 saturated carbocycles. The molecule has 1 amide bonds. The molecule has 1 aromatic heterocycles. The van der Waals surface area contributed by atoms with Crippen molar-refractivity contribution in [1.82, 2.24) is 14.5 Å². The lowest BCUT2D eigenvalue weighted by atomic mass is 10.0. The molecular formula is C23H25ClN4O3. The van der Waals surface area contributed by atoms with Crippen LogP contribution in [0.5, 0.6) is 0 Å². The average Bonchev–Trinajstić information content (AvgIpc) is 3.32. The Morgan fingerprint density at radius 3 is 2.55 bits per heavy atom. The number of aromatic amines is 1. The fourth-order valence-corrected chi connectivity index (χ4v) is 4.79. The minimum Gasteiger partial charge on any atom is -0.444 e. The summed E-state index contributed by atoms with van der Waals surface area (Å²) in [6.07, 6.45) is 2.25. The third-order valence-electron chi connectivity index (χ3n) is 6.33. The molecule has 2 aliphatic rings. The van der Waals surface area contributed by atoms with Gasteiger partial charge in [-0.25, -0.2) is 9.59 Å². The number of rotatable bonds is 5. The molecule has 0 spiro atoms. The molecule has 0 aliphatic carbocycles. The summed E-state index contributed by atoms with van der Waals surface area (Å²) >= 11 is 5.94. The standard InChI is InChI=1S/C23H25ClN4O3/c24-16-5-7-17(8-6-16)27-15-19(31-23(27)30)11-14-26-12-9-18(10-13-26)28-21-4-2-1-3-20(21)25-22(28)29/h1-8,18-19H,9-15H2,(H,25,29). The normalized spacial score (nSPS) is 20.5. The number of cyclic esters (lactones) is 1. The molecule has 3 aromatic rings. The Morgan fingerprint density at radius 1 is 1.03 bits per heavy atom. The molecule has 31 heavy (non-hydrogen) atoms. The van der Waals surface area contributed by atoms with E-state index in [1.54, 1.807) is 17.0 Å². The second-order valence-corrected chi connectivity index (χ2v) is 8.71. The van der Waals surface area contributed by atoms with Crippen LogP contribution in [-0.2, 0) is 4.74 Å². The lowest BCUT2D eigenvalue weighted by molar-refractivity contribution is 0.117. The Hall–Kier alpha value is -2.77. The molecule has 7 nitrogen and oxygen atoms in total. The molecule has 5 rings (SSSR count). The van der Waals surface area contributed by atoms with E-state index >= 15 is 0 Å². The number of hydrogen-bond acceptors (Lipinski definition) is 4. The monoisotopic (exact) mass is 440 g/mol. The highest BCUT2D eigenvalue weighted by atomic mass is 35.5. The fourth-order valence-electron chi connectivity index (χ4n) is 4.67. The van der Waals surface area contributed by atoms with Gasteiger partial charge in [0.2, 0.25) is 0 Å². The molecule has 162 valence electrons. The number of nitrogens with one attached hydrogen (secondary N) is 1. The molecule has 2 fully saturated rings. The number of nitrogens with zero attached hydrogens (tertiary/aromatic N) is 3. The van der Waals surface area contributed by atoms with Crippen molar-refractivity contribution >= 4 is 34.4 Å². The maximum atomic E-state index is 12.4. The zero-order chi connectivity index (χ0) is 21.4. The number of aromatic nitrogens is 2. The minimum atomic E-state index is -0.301. The number of likely N-dealkylation sites (tertiary alicyclic amines) is 1. The first-order valence-corrected chi connectivity index (χ1v) is 11.1. The zero-order valence-corrected chi connectivity index (χ0v) is 17.9. The van der Waals surface area contributed by atoms with Crippen LogP contribution < -0.4 is 10.6 Å². The van der Waals surface area contributed by atoms with Gasteiger partial charge >= 0.3 is 11.8 Å². The van der Waals surface area contributed by atoms with E-state index in [9.17, 15) is 9.59 Å². The van der Waals surface area contributed by atoms with Gasteiger partial charge in [0.15, 0.2) is 0 Å². The van der Waals surface area contributed by atoms with E-state index in [-0.39, 0.29) is 23.9 Å². The molecule has 1 unspecified atom stereocenters. The first-order valence-electron chi connectivity index (χ1n) is 10.7. The largest absolute Gasteiger partial charge is 0.444 e. The van der Waals surface area contributed by atoms with Gasteiger partial charge in [-0.1, -0.05) is 23.7 Å². The molecular weight excluding hydrogens is 416 g/mol. The molecule has 2 saturated heterocycles. The van der Waals surface area contributed by atoms with Crippen molar-refractivity contribution in [2.45, 2.75) is 31.4 Å². The third-order valence-corrected chi connectivity index (χ3v) is 6.58. The van der Waals surface area contributed by atoms with Crippen molar-refractivity contribution in [3.8, 4) is 0 Å². The Morgan fingerprint density at radius 2 is 1.77 bits per heavy atom. The first-order chi connectivity index (χ1) is 15.1. The summed E-state index contributed by atoms with van der Waals surface area (Å²) in [7, 11) is 0. The highest BCUT2D eigenvalue weighted by Gasteiger charge is 2.33. The van der Waals surface area contributed by atoms with Gasteiger partial charge in [0, 0.05) is 36.4 Å². The van der Waals surface area contributed by atoms with Gasteiger partial charge in [-0.05, 0) is 55.7 Å². The van der Waals surface area contributed by atoms with E-state index in [1.165, 1.54) is 0 Å². The van der Waals surface area contributed by atoms with Crippen molar-refractivity contribution in [2.75, 3.05) is 31.1 Å². The summed E-state index contributed by atoms with van der Waals surface area (Å²) in [6, 6.07) is 15.3. The van der Waals surface area contributed by atoms with Crippen LogP contribution in [0.25, 0.3) is 11.0 Å². The van der Waals surface area contributed by atoms with Gasteiger partial charge in [0.05, 0.1) is 17.6 Å². The van der Waals surface area contributed by atoms with Gasteiger partial charge in [-0.2, -0.15) is 0 Å². The highest BCUT2D eigenvalue weighted by Crippen LogP contribution is 2.27. The summed E-state index contributed by atoms with van der Waals surface area (Å²) in [6.45, 7) is 3.29. The number of amides is 1. The Labute approximate surface area is 185 Å². The predicted molar refractivity (Wildman–Crippen MR) is 121 cm³/mol. The highest BCUT2D eigenvalue weighted by molar-refractivity contribution is 6.30. The molecule has 0 bridgehead atoms. The zero-order valence-electron chi connectivity index (χ0n) is 17.2. The number of hydrogen-bond donors (Lipinski definition) is 1. The molecule has 2 aliphatic heterocycles. The van der Waals surface area contributed by atoms with Gasteiger partial charge in [0.25, 0.3) is 0 Å². The number of carbonyl (C=O) groups excluding carboxylic acids is 1. The molecule has 1 N–H and O–H groups in total. The second kappa shape index (κ2) is 8.40. The number of imidazole rings is 1. The van der Waals surface area contributed by atoms with E-state index in [2.05, 4.69) is 9.88 Å². The van der Waals surface area contributed by atoms with Gasteiger partial charge in [-0.3, -0.25) is 9.47 Å². The average molecular weight is 441 g/mol. The number of carbonyl (C=O) groups is 1. The van der Waals surface area contributed by atoms with Crippen LogP contribution in [0, 0.1) is 0 Å². The van der Waals surface area contributed by atoms with Crippen molar-refractivity contribution in [3.63, 3.8) is 0 Å². The van der Waals surface area contributed by atoms with Crippen LogP contribution in [0.4, 0.5) is 10.5 Å². The number of anilines is 1. The molecule has 0 radical (unpaired) electrons. The summed E-state index contributed by atoms with van der Waals surface area (Å²) in [5.74, 6) is 0. The smallest absolute Gasteiger partial charge is 0.414 e. The predicted octanol–water partition coefficient (Wildman–Crippen LogP) is 4.04. The van der Waals surface area contributed by atoms with E-state index in [0.717, 1.165) is 55.6 Å². The van der Waals surface area contributed by atoms with Crippen LogP contribution in [0.2, 0.25) is 5.02 Å². The van der Waals surface area contributed by atoms with E-state index in [1.807, 2.05) is 41.0 Å². The fraction of sp³-hybridized carbons (Fsp3) is 0.391. The summed E-state index contributed by atoms with van der Waals surface area (Å²) in [5.41, 5.74) is 2.65. The first kappa shape index (κ1) is 20.2. The Bertz CT molecular complexity index is 1130. The van der Waals surface area contributed by atoms with Gasteiger partial charge < -0.3 is 14.6 Å². The van der Waals surface area contributed by atoms with E-state index < -0.39 is 0 Å². The van der Waals surface area contributed by atoms with E-state index in [4.69, 9.17) is 16.3 Å². The quantitative estimate of drug-likeness (QED) is 0.650. The Balaban J connectivity index is 1.15. The molecule has 8 heteroatoms. The molecule has 2 aromatic carbocycles. The maximum absolute atomic E-state index is 12.4. The molecule has 3 heterocycles. The van der Waals surface area contributed by atoms with Crippen LogP contribution in [0.15, 0.2) is 53.3 Å². The van der Waals surface area contributed by atoms with E-state index in [0.29, 0.717) is 11.6 Å². The number of ether oxygens (including phenoxy) is 1. The number of fused-ring (bicyclic) bond motifs is 1. The van der Waals surface area contributed by atoms with Gasteiger partial charge in [0.1, 0.15) is 6.10 Å². The maximum Gasteiger partial charge on any atom is 0.414 e. The lowest BCUT2D eigenvalue weighted by Crippen LogP contribution is -2.38. The number of halogens is 1. The van der Waals surface area contributed by atoms with Crippen LogP contribution >= 0.6 is 11.6 Å². The number of piperidine rings is 1. The van der Waals surface area contributed by atoms with Crippen molar-refractivity contribution < 1.29 is 9.53 Å². The third kappa shape index (κ3) is 4.07. The molecule has 1 atom stereocenters. The van der Waals surface area contributed by atoms with Crippen LogP contribution in [-0.4, -0.2) is 52.8 Å².